The summed E-state index contributed by atoms with van der Waals surface area (Å²) in [4.78, 5) is 22.0. The molecule has 0 N–H and O–H groups in total. The number of carbonyl (C=O) groups is 2. The van der Waals surface area contributed by atoms with Crippen LogP contribution in [0.5, 0.6) is 0 Å². The van der Waals surface area contributed by atoms with Gasteiger partial charge in [-0.05, 0) is 6.92 Å². The average molecular weight is 188 g/mol. The molecule has 1 rings (SSSR count). The van der Waals surface area contributed by atoms with Crippen LogP contribution in [0.2, 0.25) is 0 Å². The zero-order valence-corrected chi connectivity index (χ0v) is 7.45. The molecule has 1 aliphatic rings. The van der Waals surface area contributed by atoms with Gasteiger partial charge in [0.15, 0.2) is 5.78 Å². The average Bonchev–Trinajstić information content (AvgIpc) is 2.55. The van der Waals surface area contributed by atoms with Gasteiger partial charge in [0.25, 0.3) is 0 Å². The third kappa shape index (κ3) is 3.12. The van der Waals surface area contributed by atoms with E-state index in [1.165, 1.54) is 0 Å². The van der Waals surface area contributed by atoms with E-state index in [2.05, 4.69) is 4.74 Å². The Morgan fingerprint density at radius 1 is 1.38 bits per heavy atom. The molecule has 0 radical (unpaired) electrons. The lowest BCUT2D eigenvalue weighted by Crippen LogP contribution is -2.24. The monoisotopic (exact) mass is 188 g/mol. The summed E-state index contributed by atoms with van der Waals surface area (Å²) in [5, 5.41) is 0. The van der Waals surface area contributed by atoms with Gasteiger partial charge in [-0.25, -0.2) is 0 Å². The van der Waals surface area contributed by atoms with E-state index in [1.807, 2.05) is 0 Å². The molecule has 0 bridgehead atoms. The maximum Gasteiger partial charge on any atom is 0.313 e. The molecule has 0 aromatic carbocycles. The summed E-state index contributed by atoms with van der Waals surface area (Å²) in [7, 11) is 0. The van der Waals surface area contributed by atoms with E-state index < -0.39 is 12.3 Å². The number of ketones is 1. The Labute approximate surface area is 76.0 Å². The number of carbonyl (C=O) groups excluding carboxylic acids is 2. The molecule has 1 fully saturated rings. The highest BCUT2D eigenvalue weighted by Crippen LogP contribution is 2.07. The highest BCUT2D eigenvalue weighted by Gasteiger charge is 2.26. The van der Waals surface area contributed by atoms with Crippen molar-refractivity contribution in [3.05, 3.63) is 0 Å². The molecule has 0 unspecified atom stereocenters. The maximum atomic E-state index is 11.2. The highest BCUT2D eigenvalue weighted by molar-refractivity contribution is 5.97. The van der Waals surface area contributed by atoms with Gasteiger partial charge in [-0.2, -0.15) is 0 Å². The molecule has 1 heterocycles. The van der Waals surface area contributed by atoms with Crippen LogP contribution in [0.1, 0.15) is 13.3 Å². The largest absolute Gasteiger partial charge is 0.466 e. The van der Waals surface area contributed by atoms with Gasteiger partial charge in [0.05, 0.1) is 19.8 Å². The number of ether oxygens (including phenoxy) is 3. The van der Waals surface area contributed by atoms with Gasteiger partial charge in [-0.15, -0.1) is 0 Å². The van der Waals surface area contributed by atoms with Crippen LogP contribution in [0.4, 0.5) is 0 Å². The zero-order chi connectivity index (χ0) is 9.68. The van der Waals surface area contributed by atoms with Crippen LogP contribution in [0.25, 0.3) is 0 Å². The van der Waals surface area contributed by atoms with Crippen LogP contribution in [0.15, 0.2) is 0 Å². The van der Waals surface area contributed by atoms with Crippen molar-refractivity contribution in [1.82, 2.24) is 0 Å². The first kappa shape index (κ1) is 10.1. The smallest absolute Gasteiger partial charge is 0.313 e. The molecule has 1 aliphatic heterocycles. The Kier molecular flexibility index (Phi) is 3.85. The van der Waals surface area contributed by atoms with E-state index in [9.17, 15) is 9.59 Å². The fourth-order valence-electron chi connectivity index (χ4n) is 0.982. The number of hydrogen-bond acceptors (Lipinski definition) is 5. The molecule has 0 amide bonds. The van der Waals surface area contributed by atoms with Crippen LogP contribution < -0.4 is 0 Å². The van der Waals surface area contributed by atoms with Gasteiger partial charge in [0, 0.05) is 0 Å². The van der Waals surface area contributed by atoms with Crippen LogP contribution in [0.3, 0.4) is 0 Å². The first-order valence-corrected chi connectivity index (χ1v) is 4.15. The molecule has 13 heavy (non-hydrogen) atoms. The Hall–Kier alpha value is -0.940. The second kappa shape index (κ2) is 4.94. The van der Waals surface area contributed by atoms with E-state index in [0.717, 1.165) is 0 Å². The molecule has 0 spiro atoms. The third-order valence-electron chi connectivity index (χ3n) is 1.51. The molecule has 1 saturated heterocycles. The molecule has 0 aromatic rings. The molecule has 5 nitrogen and oxygen atoms in total. The Morgan fingerprint density at radius 3 is 2.54 bits per heavy atom. The maximum absolute atomic E-state index is 11.2. The van der Waals surface area contributed by atoms with Crippen molar-refractivity contribution < 1.29 is 23.8 Å². The van der Waals surface area contributed by atoms with Gasteiger partial charge in [0.2, 0.25) is 6.29 Å². The molecule has 74 valence electrons. The van der Waals surface area contributed by atoms with E-state index in [-0.39, 0.29) is 18.8 Å². The predicted octanol–water partition coefficient (Wildman–Crippen LogP) is -0.118. The number of esters is 1. The van der Waals surface area contributed by atoms with Crippen LogP contribution in [-0.2, 0) is 23.8 Å². The third-order valence-corrected chi connectivity index (χ3v) is 1.51. The van der Waals surface area contributed by atoms with Crippen molar-refractivity contribution in [1.29, 1.82) is 0 Å². The van der Waals surface area contributed by atoms with Gasteiger partial charge in [-0.3, -0.25) is 9.59 Å². The highest BCUT2D eigenvalue weighted by atomic mass is 16.7. The lowest BCUT2D eigenvalue weighted by Gasteiger charge is -2.06. The molecular weight excluding hydrogens is 176 g/mol. The van der Waals surface area contributed by atoms with E-state index in [1.54, 1.807) is 6.92 Å². The zero-order valence-electron chi connectivity index (χ0n) is 7.45. The summed E-state index contributed by atoms with van der Waals surface area (Å²) >= 11 is 0. The quantitative estimate of drug-likeness (QED) is 0.454. The van der Waals surface area contributed by atoms with Crippen molar-refractivity contribution in [2.45, 2.75) is 19.6 Å². The SMILES string of the molecule is CCOC(=O)CC(=O)C1OCCO1. The van der Waals surface area contributed by atoms with Crippen molar-refractivity contribution in [2.75, 3.05) is 19.8 Å². The number of Topliss-reactive ketones (excluding diaryl/α,β-unsaturated/α-hetero) is 1. The first-order chi connectivity index (χ1) is 6.24. The lowest BCUT2D eigenvalue weighted by atomic mass is 10.3. The second-order valence-electron chi connectivity index (χ2n) is 2.52. The minimum Gasteiger partial charge on any atom is -0.466 e. The number of hydrogen-bond donors (Lipinski definition) is 0. The van der Waals surface area contributed by atoms with E-state index in [0.29, 0.717) is 13.2 Å². The molecule has 0 aliphatic carbocycles. The summed E-state index contributed by atoms with van der Waals surface area (Å²) in [6.45, 7) is 2.77. The van der Waals surface area contributed by atoms with Crippen molar-refractivity contribution >= 4 is 11.8 Å². The fraction of sp³-hybridized carbons (Fsp3) is 0.750. The van der Waals surface area contributed by atoms with Gasteiger partial charge >= 0.3 is 5.97 Å². The van der Waals surface area contributed by atoms with Crippen LogP contribution >= 0.6 is 0 Å². The van der Waals surface area contributed by atoms with Crippen molar-refractivity contribution in [3.63, 3.8) is 0 Å². The topological polar surface area (TPSA) is 61.8 Å². The van der Waals surface area contributed by atoms with E-state index >= 15 is 0 Å². The summed E-state index contributed by atoms with van der Waals surface area (Å²) in [6, 6.07) is 0. The second-order valence-corrected chi connectivity index (χ2v) is 2.52. The van der Waals surface area contributed by atoms with Gasteiger partial charge < -0.3 is 14.2 Å². The molecule has 0 saturated carbocycles. The predicted molar refractivity (Wildman–Crippen MR) is 41.9 cm³/mol. The van der Waals surface area contributed by atoms with Crippen molar-refractivity contribution in [2.24, 2.45) is 0 Å². The van der Waals surface area contributed by atoms with Crippen LogP contribution in [-0.4, -0.2) is 37.9 Å². The molecule has 0 aromatic heterocycles. The normalized spacial score (nSPS) is 17.3. The van der Waals surface area contributed by atoms with Crippen LogP contribution in [0, 0.1) is 0 Å². The molecule has 0 atom stereocenters. The summed E-state index contributed by atoms with van der Waals surface area (Å²) < 4.78 is 14.4. The van der Waals surface area contributed by atoms with Gasteiger partial charge in [0.1, 0.15) is 6.42 Å². The minimum absolute atomic E-state index is 0.276. The molecule has 5 heteroatoms. The Morgan fingerprint density at radius 2 is 2.00 bits per heavy atom. The van der Waals surface area contributed by atoms with E-state index in [4.69, 9.17) is 9.47 Å². The summed E-state index contributed by atoms with van der Waals surface area (Å²) in [6.07, 6.45) is -1.15. The molecular formula is C8H12O5. The summed E-state index contributed by atoms with van der Waals surface area (Å²) in [5.74, 6) is -0.914. The summed E-state index contributed by atoms with van der Waals surface area (Å²) in [5.41, 5.74) is 0. The standard InChI is InChI=1S/C8H12O5/c1-2-11-7(10)5-6(9)8-12-3-4-13-8/h8H,2-5H2,1H3. The fourth-order valence-corrected chi connectivity index (χ4v) is 0.982. The number of rotatable bonds is 4. The first-order valence-electron chi connectivity index (χ1n) is 4.15. The van der Waals surface area contributed by atoms with Crippen molar-refractivity contribution in [3.8, 4) is 0 Å². The van der Waals surface area contributed by atoms with Gasteiger partial charge in [-0.1, -0.05) is 0 Å². The Balaban J connectivity index is 2.27. The lowest BCUT2D eigenvalue weighted by molar-refractivity contribution is -0.154. The Bertz CT molecular complexity index is 195. The minimum atomic E-state index is -0.871.